The van der Waals surface area contributed by atoms with Gasteiger partial charge in [0.05, 0.1) is 12.4 Å². The third-order valence-corrected chi connectivity index (χ3v) is 4.30. The van der Waals surface area contributed by atoms with Crippen LogP contribution in [0.1, 0.15) is 24.3 Å². The van der Waals surface area contributed by atoms with Gasteiger partial charge in [-0.15, -0.1) is 0 Å². The van der Waals surface area contributed by atoms with Crippen molar-refractivity contribution >= 4 is 17.0 Å². The molecular weight excluding hydrogens is 281 g/mol. The van der Waals surface area contributed by atoms with Gasteiger partial charge in [0.15, 0.2) is 0 Å². The van der Waals surface area contributed by atoms with E-state index in [0.29, 0.717) is 5.92 Å². The molecule has 0 atom stereocenters. The number of nitrogens with one attached hydrogen (secondary N) is 1. The van der Waals surface area contributed by atoms with Crippen molar-refractivity contribution in [2.75, 3.05) is 18.0 Å². The SMILES string of the molecule is Fc1ccc(C2CCN(c3ncc4[nH]ncc4n3)CC2)cc1. The molecule has 22 heavy (non-hydrogen) atoms. The highest BCUT2D eigenvalue weighted by atomic mass is 19.1. The second-order valence-electron chi connectivity index (χ2n) is 5.65. The lowest BCUT2D eigenvalue weighted by Gasteiger charge is -2.32. The topological polar surface area (TPSA) is 57.7 Å². The van der Waals surface area contributed by atoms with E-state index in [1.165, 1.54) is 17.7 Å². The van der Waals surface area contributed by atoms with E-state index in [0.717, 1.165) is 42.9 Å². The molecule has 1 N–H and O–H groups in total. The second kappa shape index (κ2) is 5.36. The van der Waals surface area contributed by atoms with Crippen LogP contribution in [-0.4, -0.2) is 33.3 Å². The largest absolute Gasteiger partial charge is 0.341 e. The fourth-order valence-electron chi connectivity index (χ4n) is 3.03. The van der Waals surface area contributed by atoms with E-state index in [1.54, 1.807) is 12.4 Å². The van der Waals surface area contributed by atoms with Crippen molar-refractivity contribution in [3.05, 3.63) is 48.0 Å². The molecular formula is C16H16FN5. The molecule has 6 heteroatoms. The van der Waals surface area contributed by atoms with Crippen molar-refractivity contribution in [1.29, 1.82) is 0 Å². The van der Waals surface area contributed by atoms with Crippen molar-refractivity contribution in [3.63, 3.8) is 0 Å². The summed E-state index contributed by atoms with van der Waals surface area (Å²) in [5.41, 5.74) is 2.91. The molecule has 1 aromatic carbocycles. The molecule has 0 saturated carbocycles. The van der Waals surface area contributed by atoms with E-state index in [1.807, 2.05) is 12.1 Å². The Balaban J connectivity index is 1.47. The van der Waals surface area contributed by atoms with Crippen LogP contribution in [-0.2, 0) is 0 Å². The summed E-state index contributed by atoms with van der Waals surface area (Å²) >= 11 is 0. The zero-order valence-electron chi connectivity index (χ0n) is 12.0. The Morgan fingerprint density at radius 3 is 2.64 bits per heavy atom. The predicted octanol–water partition coefficient (Wildman–Crippen LogP) is 2.88. The smallest absolute Gasteiger partial charge is 0.226 e. The number of halogens is 1. The fraction of sp³-hybridized carbons (Fsp3) is 0.312. The Bertz CT molecular complexity index is 775. The molecule has 4 rings (SSSR count). The van der Waals surface area contributed by atoms with E-state index in [9.17, 15) is 4.39 Å². The van der Waals surface area contributed by atoms with Crippen LogP contribution in [0.5, 0.6) is 0 Å². The molecule has 1 aliphatic heterocycles. The van der Waals surface area contributed by atoms with Crippen molar-refractivity contribution in [1.82, 2.24) is 20.2 Å². The third kappa shape index (κ3) is 2.41. The summed E-state index contributed by atoms with van der Waals surface area (Å²) in [6, 6.07) is 6.86. The van der Waals surface area contributed by atoms with Crippen molar-refractivity contribution in [2.45, 2.75) is 18.8 Å². The zero-order valence-corrected chi connectivity index (χ0v) is 12.0. The molecule has 0 amide bonds. The number of H-pyrrole nitrogens is 1. The minimum atomic E-state index is -0.178. The molecule has 0 bridgehead atoms. The summed E-state index contributed by atoms with van der Waals surface area (Å²) in [6.45, 7) is 1.82. The van der Waals surface area contributed by atoms with Gasteiger partial charge in [-0.1, -0.05) is 12.1 Å². The first-order valence-corrected chi connectivity index (χ1v) is 7.46. The van der Waals surface area contributed by atoms with Gasteiger partial charge in [0, 0.05) is 13.1 Å². The summed E-state index contributed by atoms with van der Waals surface area (Å²) in [6.07, 6.45) is 5.54. The summed E-state index contributed by atoms with van der Waals surface area (Å²) in [7, 11) is 0. The minimum Gasteiger partial charge on any atom is -0.341 e. The van der Waals surface area contributed by atoms with E-state index < -0.39 is 0 Å². The highest BCUT2D eigenvalue weighted by Crippen LogP contribution is 2.29. The van der Waals surface area contributed by atoms with E-state index in [2.05, 4.69) is 25.1 Å². The summed E-state index contributed by atoms with van der Waals surface area (Å²) in [5.74, 6) is 1.06. The van der Waals surface area contributed by atoms with E-state index in [-0.39, 0.29) is 5.82 Å². The van der Waals surface area contributed by atoms with Gasteiger partial charge in [-0.3, -0.25) is 5.10 Å². The van der Waals surface area contributed by atoms with Crippen LogP contribution in [0.3, 0.4) is 0 Å². The monoisotopic (exact) mass is 297 g/mol. The van der Waals surface area contributed by atoms with Crippen molar-refractivity contribution in [3.8, 4) is 0 Å². The number of benzene rings is 1. The van der Waals surface area contributed by atoms with Crippen LogP contribution in [0.25, 0.3) is 11.0 Å². The van der Waals surface area contributed by atoms with Crippen LogP contribution >= 0.6 is 0 Å². The first kappa shape index (κ1) is 13.2. The van der Waals surface area contributed by atoms with Gasteiger partial charge in [0.1, 0.15) is 16.9 Å². The maximum Gasteiger partial charge on any atom is 0.226 e. The van der Waals surface area contributed by atoms with Gasteiger partial charge < -0.3 is 4.90 Å². The van der Waals surface area contributed by atoms with Crippen molar-refractivity contribution < 1.29 is 4.39 Å². The lowest BCUT2D eigenvalue weighted by Crippen LogP contribution is -2.34. The molecule has 5 nitrogen and oxygen atoms in total. The molecule has 0 aliphatic carbocycles. The van der Waals surface area contributed by atoms with Crippen LogP contribution in [0.15, 0.2) is 36.7 Å². The average molecular weight is 297 g/mol. The first-order valence-electron chi connectivity index (χ1n) is 7.46. The Morgan fingerprint density at radius 1 is 1.09 bits per heavy atom. The molecule has 1 aliphatic rings. The normalized spacial score (nSPS) is 16.3. The number of fused-ring (bicyclic) bond motifs is 1. The van der Waals surface area contributed by atoms with Gasteiger partial charge in [-0.05, 0) is 36.5 Å². The number of aromatic nitrogens is 4. The van der Waals surface area contributed by atoms with Gasteiger partial charge in [-0.2, -0.15) is 5.10 Å². The Morgan fingerprint density at radius 2 is 1.86 bits per heavy atom. The molecule has 3 heterocycles. The standard InChI is InChI=1S/C16H16FN5/c17-13-3-1-11(2-4-13)12-5-7-22(8-6-12)16-18-9-15-14(20-16)10-19-21-15/h1-4,9-10,12H,5-8H2,(H,19,21). The maximum absolute atomic E-state index is 13.0. The molecule has 1 fully saturated rings. The number of piperidine rings is 1. The van der Waals surface area contributed by atoms with Crippen LogP contribution in [0.4, 0.5) is 10.3 Å². The molecule has 3 aromatic rings. The predicted molar refractivity (Wildman–Crippen MR) is 82.3 cm³/mol. The molecule has 2 aromatic heterocycles. The molecule has 1 saturated heterocycles. The number of aromatic amines is 1. The lowest BCUT2D eigenvalue weighted by atomic mass is 9.89. The summed E-state index contributed by atoms with van der Waals surface area (Å²) in [5, 5.41) is 6.83. The van der Waals surface area contributed by atoms with Gasteiger partial charge in [-0.25, -0.2) is 14.4 Å². The third-order valence-electron chi connectivity index (χ3n) is 4.30. The number of rotatable bonds is 2. The van der Waals surface area contributed by atoms with Gasteiger partial charge in [0.2, 0.25) is 5.95 Å². The Kier molecular flexibility index (Phi) is 3.21. The molecule has 0 spiro atoms. The fourth-order valence-corrected chi connectivity index (χ4v) is 3.03. The van der Waals surface area contributed by atoms with Gasteiger partial charge in [0.25, 0.3) is 0 Å². The first-order chi connectivity index (χ1) is 10.8. The molecule has 0 unspecified atom stereocenters. The molecule has 112 valence electrons. The van der Waals surface area contributed by atoms with Crippen LogP contribution in [0, 0.1) is 5.82 Å². The number of nitrogens with zero attached hydrogens (tertiary/aromatic N) is 4. The van der Waals surface area contributed by atoms with Crippen molar-refractivity contribution in [2.24, 2.45) is 0 Å². The van der Waals surface area contributed by atoms with Crippen LogP contribution < -0.4 is 4.90 Å². The average Bonchev–Trinajstić information content (AvgIpc) is 3.03. The lowest BCUT2D eigenvalue weighted by molar-refractivity contribution is 0.499. The summed E-state index contributed by atoms with van der Waals surface area (Å²) < 4.78 is 13.0. The zero-order chi connectivity index (χ0) is 14.9. The minimum absolute atomic E-state index is 0.178. The van der Waals surface area contributed by atoms with E-state index in [4.69, 9.17) is 0 Å². The van der Waals surface area contributed by atoms with E-state index >= 15 is 0 Å². The summed E-state index contributed by atoms with van der Waals surface area (Å²) in [4.78, 5) is 11.1. The quantitative estimate of drug-likeness (QED) is 0.790. The maximum atomic E-state index is 13.0. The number of anilines is 1. The highest BCUT2D eigenvalue weighted by molar-refractivity contribution is 5.73. The number of hydrogen-bond donors (Lipinski definition) is 1. The highest BCUT2D eigenvalue weighted by Gasteiger charge is 2.22. The Labute approximate surface area is 127 Å². The second-order valence-corrected chi connectivity index (χ2v) is 5.65. The molecule has 0 radical (unpaired) electrons. The van der Waals surface area contributed by atoms with Gasteiger partial charge >= 0.3 is 0 Å². The van der Waals surface area contributed by atoms with Crippen LogP contribution in [0.2, 0.25) is 0 Å². The number of hydrogen-bond acceptors (Lipinski definition) is 4. The Hall–Kier alpha value is -2.50.